The fourth-order valence-corrected chi connectivity index (χ4v) is 2.82. The van der Waals surface area contributed by atoms with E-state index in [1.165, 1.54) is 6.42 Å². The summed E-state index contributed by atoms with van der Waals surface area (Å²) < 4.78 is 0.767. The third-order valence-electron chi connectivity index (χ3n) is 3.29. The second-order valence-corrected chi connectivity index (χ2v) is 5.39. The quantitative estimate of drug-likeness (QED) is 0.929. The normalized spacial score (nSPS) is 19.9. The van der Waals surface area contributed by atoms with Crippen LogP contribution in [-0.4, -0.2) is 42.0 Å². The number of carbonyl (C=O) groups excluding carboxylic acids is 1. The van der Waals surface area contributed by atoms with Crippen molar-refractivity contribution in [3.63, 3.8) is 0 Å². The van der Waals surface area contributed by atoms with Gasteiger partial charge in [0.2, 0.25) is 0 Å². The van der Waals surface area contributed by atoms with E-state index in [1.54, 1.807) is 6.20 Å². The van der Waals surface area contributed by atoms with Crippen LogP contribution in [0.3, 0.4) is 0 Å². The summed E-state index contributed by atoms with van der Waals surface area (Å²) in [5.41, 5.74) is 0.514. The zero-order chi connectivity index (χ0) is 13.0. The number of likely N-dealkylation sites (N-methyl/N-ethyl adjacent to an activating group) is 1. The van der Waals surface area contributed by atoms with E-state index in [4.69, 9.17) is 0 Å². The minimum atomic E-state index is 0.0300. The summed E-state index contributed by atoms with van der Waals surface area (Å²) in [6, 6.07) is 3.96. The second-order valence-electron chi connectivity index (χ2n) is 4.54. The van der Waals surface area contributed by atoms with Gasteiger partial charge in [-0.05, 0) is 54.4 Å². The van der Waals surface area contributed by atoms with E-state index in [-0.39, 0.29) is 11.9 Å². The Bertz CT molecular complexity index is 422. The zero-order valence-electron chi connectivity index (χ0n) is 10.5. The fraction of sp³-hybridized carbons (Fsp3) is 0.538. The number of rotatable bonds is 3. The molecule has 4 nitrogen and oxygen atoms in total. The number of carbonyl (C=O) groups is 1. The molecule has 98 valence electrons. The van der Waals surface area contributed by atoms with Gasteiger partial charge in [0, 0.05) is 29.8 Å². The number of amides is 1. The maximum Gasteiger partial charge on any atom is 0.273 e. The van der Waals surface area contributed by atoms with Gasteiger partial charge in [0.1, 0.15) is 5.69 Å². The van der Waals surface area contributed by atoms with Crippen LogP contribution in [-0.2, 0) is 0 Å². The van der Waals surface area contributed by atoms with Crippen molar-refractivity contribution in [1.29, 1.82) is 0 Å². The molecule has 0 bridgehead atoms. The number of piperidine rings is 1. The average Bonchev–Trinajstić information content (AvgIpc) is 2.40. The first-order valence-corrected chi connectivity index (χ1v) is 7.09. The van der Waals surface area contributed by atoms with E-state index >= 15 is 0 Å². The molecule has 1 fully saturated rings. The molecule has 0 aromatic carbocycles. The van der Waals surface area contributed by atoms with Crippen molar-refractivity contribution in [2.45, 2.75) is 25.3 Å². The van der Waals surface area contributed by atoms with Crippen LogP contribution in [0.1, 0.15) is 29.8 Å². The lowest BCUT2D eigenvalue weighted by molar-refractivity contribution is 0.0608. The lowest BCUT2D eigenvalue weighted by Gasteiger charge is -2.35. The van der Waals surface area contributed by atoms with Crippen LogP contribution >= 0.6 is 15.9 Å². The number of hydrogen-bond acceptors (Lipinski definition) is 3. The maximum atomic E-state index is 12.5. The van der Waals surface area contributed by atoms with Gasteiger partial charge >= 0.3 is 0 Å². The highest BCUT2D eigenvalue weighted by Gasteiger charge is 2.28. The highest BCUT2D eigenvalue weighted by atomic mass is 79.9. The topological polar surface area (TPSA) is 45.2 Å². The van der Waals surface area contributed by atoms with Crippen molar-refractivity contribution < 1.29 is 4.79 Å². The predicted octanol–water partition coefficient (Wildman–Crippen LogP) is 2.06. The van der Waals surface area contributed by atoms with Crippen LogP contribution in [0.15, 0.2) is 22.8 Å². The van der Waals surface area contributed by atoms with Gasteiger partial charge in [-0.15, -0.1) is 0 Å². The molecule has 5 heteroatoms. The Morgan fingerprint density at radius 3 is 3.17 bits per heavy atom. The molecule has 1 N–H and O–H groups in total. The molecular weight excluding hydrogens is 294 g/mol. The Morgan fingerprint density at radius 2 is 2.44 bits per heavy atom. The van der Waals surface area contributed by atoms with Gasteiger partial charge in [-0.25, -0.2) is 4.98 Å². The molecule has 2 rings (SSSR count). The molecular formula is C13H18BrN3O. The summed E-state index contributed by atoms with van der Waals surface area (Å²) >= 11 is 3.40. The van der Waals surface area contributed by atoms with Crippen molar-refractivity contribution >= 4 is 21.8 Å². The minimum Gasteiger partial charge on any atom is -0.333 e. The molecule has 0 saturated carbocycles. The molecule has 1 aromatic heterocycles. The smallest absolute Gasteiger partial charge is 0.273 e. The molecule has 1 aliphatic rings. The lowest BCUT2D eigenvalue weighted by Crippen LogP contribution is -2.48. The lowest BCUT2D eigenvalue weighted by atomic mass is 10.0. The number of aromatic nitrogens is 1. The Morgan fingerprint density at radius 1 is 1.61 bits per heavy atom. The van der Waals surface area contributed by atoms with E-state index in [0.29, 0.717) is 5.69 Å². The molecule has 1 amide bonds. The summed E-state index contributed by atoms with van der Waals surface area (Å²) in [6.45, 7) is 1.67. The summed E-state index contributed by atoms with van der Waals surface area (Å²) in [5, 5.41) is 3.16. The summed E-state index contributed by atoms with van der Waals surface area (Å²) in [6.07, 6.45) is 5.00. The molecule has 1 unspecified atom stereocenters. The van der Waals surface area contributed by atoms with Crippen LogP contribution in [0.25, 0.3) is 0 Å². The standard InChI is InChI=1S/C13H18BrN3O/c1-15-9-10-5-2-3-8-17(10)13(18)12-11(14)6-4-7-16-12/h4,6-7,10,15H,2-3,5,8-9H2,1H3. The third kappa shape index (κ3) is 2.90. The first kappa shape index (κ1) is 13.5. The number of hydrogen-bond donors (Lipinski definition) is 1. The zero-order valence-corrected chi connectivity index (χ0v) is 12.1. The van der Waals surface area contributed by atoms with Gasteiger partial charge < -0.3 is 10.2 Å². The molecule has 18 heavy (non-hydrogen) atoms. The van der Waals surface area contributed by atoms with E-state index in [2.05, 4.69) is 26.2 Å². The van der Waals surface area contributed by atoms with Crippen molar-refractivity contribution in [2.75, 3.05) is 20.1 Å². The van der Waals surface area contributed by atoms with Gasteiger partial charge in [-0.3, -0.25) is 4.79 Å². The Labute approximate surface area is 116 Å². The molecule has 1 aliphatic heterocycles. The molecule has 0 aliphatic carbocycles. The van der Waals surface area contributed by atoms with Crippen LogP contribution in [0.5, 0.6) is 0 Å². The highest BCUT2D eigenvalue weighted by Crippen LogP contribution is 2.22. The minimum absolute atomic E-state index is 0.0300. The molecule has 1 saturated heterocycles. The van der Waals surface area contributed by atoms with Gasteiger partial charge in [-0.2, -0.15) is 0 Å². The number of pyridine rings is 1. The SMILES string of the molecule is CNCC1CCCCN1C(=O)c1ncccc1Br. The van der Waals surface area contributed by atoms with Gasteiger partial charge in [-0.1, -0.05) is 0 Å². The van der Waals surface area contributed by atoms with Gasteiger partial charge in [0.25, 0.3) is 5.91 Å². The molecule has 2 heterocycles. The highest BCUT2D eigenvalue weighted by molar-refractivity contribution is 9.10. The Balaban J connectivity index is 2.18. The Kier molecular flexibility index (Phi) is 4.72. The van der Waals surface area contributed by atoms with Crippen molar-refractivity contribution in [1.82, 2.24) is 15.2 Å². The summed E-state index contributed by atoms with van der Waals surface area (Å²) in [4.78, 5) is 18.7. The molecule has 0 spiro atoms. The number of nitrogens with one attached hydrogen (secondary N) is 1. The number of nitrogens with zero attached hydrogens (tertiary/aromatic N) is 2. The third-order valence-corrected chi connectivity index (χ3v) is 3.93. The predicted molar refractivity (Wildman–Crippen MR) is 74.5 cm³/mol. The van der Waals surface area contributed by atoms with Crippen LogP contribution < -0.4 is 5.32 Å². The van der Waals surface area contributed by atoms with E-state index in [1.807, 2.05) is 24.1 Å². The van der Waals surface area contributed by atoms with Crippen molar-refractivity contribution in [3.8, 4) is 0 Å². The summed E-state index contributed by atoms with van der Waals surface area (Å²) in [7, 11) is 1.92. The first-order chi connectivity index (χ1) is 8.74. The number of likely N-dealkylation sites (tertiary alicyclic amines) is 1. The Hall–Kier alpha value is -0.940. The van der Waals surface area contributed by atoms with E-state index in [9.17, 15) is 4.79 Å². The average molecular weight is 312 g/mol. The molecule has 0 radical (unpaired) electrons. The maximum absolute atomic E-state index is 12.5. The van der Waals surface area contributed by atoms with Crippen LogP contribution in [0.4, 0.5) is 0 Å². The van der Waals surface area contributed by atoms with Crippen molar-refractivity contribution in [3.05, 3.63) is 28.5 Å². The fourth-order valence-electron chi connectivity index (χ4n) is 2.39. The van der Waals surface area contributed by atoms with Crippen molar-refractivity contribution in [2.24, 2.45) is 0 Å². The first-order valence-electron chi connectivity index (χ1n) is 6.30. The molecule has 1 atom stereocenters. The van der Waals surface area contributed by atoms with E-state index in [0.717, 1.165) is 30.4 Å². The largest absolute Gasteiger partial charge is 0.333 e. The summed E-state index contributed by atoms with van der Waals surface area (Å²) in [5.74, 6) is 0.0300. The van der Waals surface area contributed by atoms with E-state index < -0.39 is 0 Å². The van der Waals surface area contributed by atoms with Gasteiger partial charge in [0.05, 0.1) is 0 Å². The van der Waals surface area contributed by atoms with Gasteiger partial charge in [0.15, 0.2) is 0 Å². The number of halogens is 1. The second kappa shape index (κ2) is 6.29. The monoisotopic (exact) mass is 311 g/mol. The molecule has 1 aromatic rings. The van der Waals surface area contributed by atoms with Crippen LogP contribution in [0, 0.1) is 0 Å². The van der Waals surface area contributed by atoms with Crippen LogP contribution in [0.2, 0.25) is 0 Å².